The Balaban J connectivity index is 2.02. The molecular formula is C19H16N2O2S. The van der Waals surface area contributed by atoms with E-state index in [-0.39, 0.29) is 5.56 Å². The number of hydrogen-bond acceptors (Lipinski definition) is 4. The van der Waals surface area contributed by atoms with Crippen LogP contribution in [-0.2, 0) is 6.54 Å². The third-order valence-electron chi connectivity index (χ3n) is 4.33. The summed E-state index contributed by atoms with van der Waals surface area (Å²) in [6.45, 7) is 1.46. The Kier molecular flexibility index (Phi) is 3.67. The maximum Gasteiger partial charge on any atom is 0.106 e. The van der Waals surface area contributed by atoms with E-state index >= 15 is 0 Å². The highest BCUT2D eigenvalue weighted by atomic mass is 32.1. The topological polar surface area (TPSA) is 57.5 Å². The Bertz CT molecular complexity index is 961. The third kappa shape index (κ3) is 2.52. The molecule has 3 heterocycles. The quantitative estimate of drug-likeness (QED) is 0.766. The predicted octanol–water partition coefficient (Wildman–Crippen LogP) is 1.23. The van der Waals surface area contributed by atoms with E-state index in [9.17, 15) is 9.90 Å². The Morgan fingerprint density at radius 3 is 2.83 bits per heavy atom. The maximum absolute atomic E-state index is 11.9. The van der Waals surface area contributed by atoms with E-state index in [2.05, 4.69) is 19.2 Å². The maximum atomic E-state index is 11.9. The lowest BCUT2D eigenvalue weighted by atomic mass is 9.93. The van der Waals surface area contributed by atoms with Crippen molar-refractivity contribution in [3.05, 3.63) is 63.5 Å². The second kappa shape index (κ2) is 5.85. The number of aromatic carboxylic acids is 1. The summed E-state index contributed by atoms with van der Waals surface area (Å²) in [6.07, 6.45) is 2.12. The normalized spacial score (nSPS) is 18.7. The van der Waals surface area contributed by atoms with E-state index in [1.807, 2.05) is 29.6 Å². The molecular weight excluding hydrogens is 320 g/mol. The first-order valence-electron chi connectivity index (χ1n) is 7.82. The van der Waals surface area contributed by atoms with Gasteiger partial charge in [-0.25, -0.2) is 4.98 Å². The molecule has 0 amide bonds. The van der Waals surface area contributed by atoms with Crippen LogP contribution in [0.3, 0.4) is 0 Å². The van der Waals surface area contributed by atoms with Crippen LogP contribution >= 0.6 is 11.3 Å². The van der Waals surface area contributed by atoms with Crippen molar-refractivity contribution in [2.24, 2.45) is 0 Å². The van der Waals surface area contributed by atoms with Gasteiger partial charge < -0.3 is 14.8 Å². The zero-order valence-electron chi connectivity index (χ0n) is 13.2. The molecule has 0 saturated carbocycles. The van der Waals surface area contributed by atoms with Crippen molar-refractivity contribution in [2.75, 3.05) is 13.6 Å². The molecule has 0 spiro atoms. The summed E-state index contributed by atoms with van der Waals surface area (Å²) in [5.41, 5.74) is 3.63. The van der Waals surface area contributed by atoms with Gasteiger partial charge in [0, 0.05) is 27.0 Å². The van der Waals surface area contributed by atoms with Crippen LogP contribution in [0, 0.1) is 0 Å². The molecule has 4 rings (SSSR count). The molecule has 0 saturated heterocycles. The molecule has 0 fully saturated rings. The minimum Gasteiger partial charge on any atom is -0.545 e. The summed E-state index contributed by atoms with van der Waals surface area (Å²) in [5.74, 6) is -1.13. The summed E-state index contributed by atoms with van der Waals surface area (Å²) in [5, 5.41) is 14.5. The first kappa shape index (κ1) is 15.1. The highest BCUT2D eigenvalue weighted by Gasteiger charge is 2.27. The number of rotatable bonds is 2. The molecule has 0 bridgehead atoms. The van der Waals surface area contributed by atoms with Crippen molar-refractivity contribution in [2.45, 2.75) is 6.54 Å². The summed E-state index contributed by atoms with van der Waals surface area (Å²) >= 11 is 1.66. The molecule has 1 N–H and O–H groups in total. The van der Waals surface area contributed by atoms with Crippen molar-refractivity contribution in [3.63, 3.8) is 0 Å². The van der Waals surface area contributed by atoms with Crippen molar-refractivity contribution in [1.82, 2.24) is 4.98 Å². The molecule has 1 aliphatic heterocycles. The van der Waals surface area contributed by atoms with E-state index in [0.29, 0.717) is 17.4 Å². The number of carbonyl (C=O) groups is 1. The summed E-state index contributed by atoms with van der Waals surface area (Å²) in [6, 6.07) is 11.4. The first-order valence-corrected chi connectivity index (χ1v) is 8.70. The predicted molar refractivity (Wildman–Crippen MR) is 93.7 cm³/mol. The number of nitrogens with zero attached hydrogens (tertiary/aromatic N) is 1. The number of para-hydroxylation sites is 1. The molecule has 0 radical (unpaired) electrons. The zero-order chi connectivity index (χ0) is 16.7. The molecule has 1 atom stereocenters. The number of likely N-dealkylation sites (N-methyl/N-ethyl adjacent to an activating group) is 1. The fraction of sp³-hybridized carbons (Fsp3) is 0.158. The number of carboxylic acids is 1. The monoisotopic (exact) mass is 336 g/mol. The number of carboxylic acid groups (broad SMARTS) is 1. The van der Waals surface area contributed by atoms with Crippen LogP contribution in [0.2, 0.25) is 0 Å². The smallest absolute Gasteiger partial charge is 0.106 e. The second-order valence-electron chi connectivity index (χ2n) is 6.11. The van der Waals surface area contributed by atoms with E-state index in [0.717, 1.165) is 28.3 Å². The number of carbonyl (C=O) groups excluding carboxylic acids is 1. The number of hydrogen-bond donors (Lipinski definition) is 1. The van der Waals surface area contributed by atoms with Crippen molar-refractivity contribution in [1.29, 1.82) is 0 Å². The van der Waals surface area contributed by atoms with Crippen molar-refractivity contribution < 1.29 is 14.8 Å². The minimum absolute atomic E-state index is 0.284. The number of nitrogens with one attached hydrogen (secondary N) is 1. The van der Waals surface area contributed by atoms with Crippen molar-refractivity contribution in [3.8, 4) is 0 Å². The molecule has 4 nitrogen and oxygen atoms in total. The lowest BCUT2D eigenvalue weighted by Gasteiger charge is -2.27. The summed E-state index contributed by atoms with van der Waals surface area (Å²) in [7, 11) is 2.07. The second-order valence-corrected chi connectivity index (χ2v) is 7.09. The summed E-state index contributed by atoms with van der Waals surface area (Å²) < 4.78 is 0. The zero-order valence-corrected chi connectivity index (χ0v) is 14.0. The van der Waals surface area contributed by atoms with Gasteiger partial charge in [0.1, 0.15) is 13.1 Å². The van der Waals surface area contributed by atoms with Gasteiger partial charge in [0.05, 0.1) is 24.2 Å². The summed E-state index contributed by atoms with van der Waals surface area (Å²) in [4.78, 5) is 19.0. The van der Waals surface area contributed by atoms with Crippen LogP contribution in [0.1, 0.15) is 26.5 Å². The molecule has 3 aromatic rings. The third-order valence-corrected chi connectivity index (χ3v) is 5.15. The van der Waals surface area contributed by atoms with Gasteiger partial charge in [0.15, 0.2) is 0 Å². The average Bonchev–Trinajstić information content (AvgIpc) is 3.05. The molecule has 5 heteroatoms. The lowest BCUT2D eigenvalue weighted by molar-refractivity contribution is -0.887. The van der Waals surface area contributed by atoms with Gasteiger partial charge in [-0.15, -0.1) is 11.3 Å². The Labute approximate surface area is 143 Å². The van der Waals surface area contributed by atoms with Gasteiger partial charge in [0.25, 0.3) is 0 Å². The van der Waals surface area contributed by atoms with Crippen LogP contribution < -0.4 is 10.0 Å². The number of quaternary nitrogens is 1. The number of pyridine rings is 1. The van der Waals surface area contributed by atoms with Crippen molar-refractivity contribution >= 4 is 39.9 Å². The van der Waals surface area contributed by atoms with Gasteiger partial charge in [-0.3, -0.25) is 0 Å². The Hall–Kier alpha value is -2.50. The highest BCUT2D eigenvalue weighted by Crippen LogP contribution is 2.30. The largest absolute Gasteiger partial charge is 0.545 e. The average molecular weight is 336 g/mol. The van der Waals surface area contributed by atoms with Gasteiger partial charge in [-0.1, -0.05) is 24.3 Å². The van der Waals surface area contributed by atoms with Crippen LogP contribution in [0.25, 0.3) is 22.6 Å². The molecule has 0 aliphatic carbocycles. The van der Waals surface area contributed by atoms with E-state index in [1.54, 1.807) is 17.4 Å². The molecule has 1 aromatic carbocycles. The SMILES string of the molecule is C[NH+]1C/C(=C/c2cccs2)c2nc3ccccc3c(C(=O)[O-])c2C1. The van der Waals surface area contributed by atoms with Gasteiger partial charge in [0.2, 0.25) is 0 Å². The van der Waals surface area contributed by atoms with E-state index in [1.165, 1.54) is 4.90 Å². The first-order chi connectivity index (χ1) is 11.6. The minimum atomic E-state index is -1.13. The van der Waals surface area contributed by atoms with E-state index in [4.69, 9.17) is 4.98 Å². The molecule has 1 aliphatic rings. The number of fused-ring (bicyclic) bond motifs is 2. The molecule has 1 unspecified atom stereocenters. The van der Waals surface area contributed by atoms with E-state index < -0.39 is 5.97 Å². The molecule has 2 aromatic heterocycles. The molecule has 120 valence electrons. The fourth-order valence-corrected chi connectivity index (χ4v) is 4.04. The number of thiophene rings is 1. The van der Waals surface area contributed by atoms with Gasteiger partial charge in [-0.2, -0.15) is 0 Å². The standard InChI is InChI=1S/C19H16N2O2S/c1-21-10-12(9-13-5-4-8-24-13)18-15(11-21)17(19(22)23)14-6-2-3-7-16(14)20-18/h2-9H,10-11H2,1H3,(H,22,23)/b12-9-. The highest BCUT2D eigenvalue weighted by molar-refractivity contribution is 7.10. The van der Waals surface area contributed by atoms with Crippen LogP contribution in [0.4, 0.5) is 0 Å². The number of aromatic nitrogens is 1. The van der Waals surface area contributed by atoms with Gasteiger partial charge in [-0.05, 0) is 23.6 Å². The fourth-order valence-electron chi connectivity index (χ4n) is 3.36. The van der Waals surface area contributed by atoms with Crippen LogP contribution in [0.5, 0.6) is 0 Å². The van der Waals surface area contributed by atoms with Gasteiger partial charge >= 0.3 is 0 Å². The Morgan fingerprint density at radius 1 is 1.25 bits per heavy atom. The van der Waals surface area contributed by atoms with Crippen LogP contribution in [0.15, 0.2) is 41.8 Å². The number of benzene rings is 1. The van der Waals surface area contributed by atoms with Crippen LogP contribution in [-0.4, -0.2) is 24.5 Å². The Morgan fingerprint density at radius 2 is 2.08 bits per heavy atom. The molecule has 24 heavy (non-hydrogen) atoms. The lowest BCUT2D eigenvalue weighted by Crippen LogP contribution is -3.08.